The van der Waals surface area contributed by atoms with E-state index in [2.05, 4.69) is 4.72 Å². The second kappa shape index (κ2) is 7.16. The molecule has 0 radical (unpaired) electrons. The van der Waals surface area contributed by atoms with E-state index in [0.717, 1.165) is 12.1 Å². The van der Waals surface area contributed by atoms with Crippen molar-refractivity contribution in [1.29, 1.82) is 0 Å². The highest BCUT2D eigenvalue weighted by atomic mass is 32.2. The standard InChI is InChI=1S/C14H10F6N2S2/c15-13(16,17)8-3-1-4-9(7-8)24-22-10-5-2-6-11(23-21)12(10)14(18,19)20/h1-7,22H,21H2. The van der Waals surface area contributed by atoms with Crippen molar-refractivity contribution in [3.8, 4) is 0 Å². The van der Waals surface area contributed by atoms with Gasteiger partial charge in [0.15, 0.2) is 0 Å². The number of hydrogen-bond acceptors (Lipinski definition) is 4. The number of benzene rings is 2. The highest BCUT2D eigenvalue weighted by molar-refractivity contribution is 8.00. The lowest BCUT2D eigenvalue weighted by molar-refractivity contribution is -0.139. The van der Waals surface area contributed by atoms with Gasteiger partial charge in [-0.3, -0.25) is 5.14 Å². The molecule has 0 atom stereocenters. The van der Waals surface area contributed by atoms with E-state index in [1.165, 1.54) is 30.3 Å². The van der Waals surface area contributed by atoms with Crippen LogP contribution in [0.25, 0.3) is 0 Å². The van der Waals surface area contributed by atoms with Gasteiger partial charge in [-0.15, -0.1) is 0 Å². The quantitative estimate of drug-likeness (QED) is 0.515. The molecule has 2 aromatic carbocycles. The fraction of sp³-hybridized carbons (Fsp3) is 0.143. The molecule has 24 heavy (non-hydrogen) atoms. The molecule has 0 bridgehead atoms. The second-order valence-corrected chi connectivity index (χ2v) is 6.08. The number of hydrogen-bond donors (Lipinski definition) is 2. The predicted molar refractivity (Wildman–Crippen MR) is 82.4 cm³/mol. The molecule has 130 valence electrons. The summed E-state index contributed by atoms with van der Waals surface area (Å²) in [5.41, 5.74) is -2.12. The van der Waals surface area contributed by atoms with Gasteiger partial charge in [0, 0.05) is 9.79 Å². The average molecular weight is 384 g/mol. The number of nitrogens with one attached hydrogen (secondary N) is 1. The van der Waals surface area contributed by atoms with Crippen LogP contribution in [0.3, 0.4) is 0 Å². The Morgan fingerprint density at radius 3 is 2.12 bits per heavy atom. The topological polar surface area (TPSA) is 38.0 Å². The summed E-state index contributed by atoms with van der Waals surface area (Å²) in [6.45, 7) is 0. The molecule has 0 aliphatic carbocycles. The first-order chi connectivity index (χ1) is 11.1. The van der Waals surface area contributed by atoms with Gasteiger partial charge in [0.05, 0.1) is 16.8 Å². The average Bonchev–Trinajstić information content (AvgIpc) is 2.51. The van der Waals surface area contributed by atoms with Crippen LogP contribution < -0.4 is 9.86 Å². The van der Waals surface area contributed by atoms with Crippen LogP contribution in [0.1, 0.15) is 11.1 Å². The molecule has 0 aliphatic heterocycles. The first-order valence-corrected chi connectivity index (χ1v) is 7.99. The molecule has 0 saturated heterocycles. The molecule has 0 unspecified atom stereocenters. The number of nitrogens with two attached hydrogens (primary N) is 1. The lowest BCUT2D eigenvalue weighted by Crippen LogP contribution is -2.10. The molecule has 2 aromatic rings. The maximum atomic E-state index is 13.2. The van der Waals surface area contributed by atoms with Crippen molar-refractivity contribution in [2.24, 2.45) is 5.14 Å². The predicted octanol–water partition coefficient (Wildman–Crippen LogP) is 5.81. The third kappa shape index (κ3) is 4.52. The van der Waals surface area contributed by atoms with E-state index in [1.807, 2.05) is 0 Å². The minimum Gasteiger partial charge on any atom is -0.325 e. The normalized spacial score (nSPS) is 12.3. The van der Waals surface area contributed by atoms with E-state index in [1.54, 1.807) is 0 Å². The van der Waals surface area contributed by atoms with Crippen LogP contribution in [-0.2, 0) is 12.4 Å². The Morgan fingerprint density at radius 1 is 0.875 bits per heavy atom. The van der Waals surface area contributed by atoms with Gasteiger partial charge in [0.25, 0.3) is 0 Å². The van der Waals surface area contributed by atoms with Crippen molar-refractivity contribution in [2.75, 3.05) is 4.72 Å². The molecule has 2 nitrogen and oxygen atoms in total. The van der Waals surface area contributed by atoms with Crippen molar-refractivity contribution < 1.29 is 26.3 Å². The van der Waals surface area contributed by atoms with E-state index < -0.39 is 23.5 Å². The molecule has 10 heteroatoms. The summed E-state index contributed by atoms with van der Waals surface area (Å²) in [5, 5.41) is 5.25. The highest BCUT2D eigenvalue weighted by Crippen LogP contribution is 2.41. The minimum absolute atomic E-state index is 0.128. The maximum absolute atomic E-state index is 13.2. The van der Waals surface area contributed by atoms with Gasteiger partial charge in [-0.05, 0) is 54.2 Å². The summed E-state index contributed by atoms with van der Waals surface area (Å²) >= 11 is 1.10. The Balaban J connectivity index is 2.27. The zero-order valence-electron chi connectivity index (χ0n) is 11.7. The lowest BCUT2D eigenvalue weighted by atomic mass is 10.2. The summed E-state index contributed by atoms with van der Waals surface area (Å²) in [5.74, 6) is 0. The van der Waals surface area contributed by atoms with Crippen molar-refractivity contribution in [3.63, 3.8) is 0 Å². The van der Waals surface area contributed by atoms with Crippen LogP contribution in [-0.4, -0.2) is 0 Å². The summed E-state index contributed by atoms with van der Waals surface area (Å²) in [6.07, 6.45) is -9.18. The molecule has 0 spiro atoms. The molecule has 0 saturated carbocycles. The van der Waals surface area contributed by atoms with Gasteiger partial charge >= 0.3 is 12.4 Å². The van der Waals surface area contributed by atoms with Crippen molar-refractivity contribution in [3.05, 3.63) is 53.6 Å². The minimum atomic E-state index is -4.65. The number of halogens is 6. The Bertz CT molecular complexity index is 715. The van der Waals surface area contributed by atoms with Crippen molar-refractivity contribution in [2.45, 2.75) is 22.1 Å². The monoisotopic (exact) mass is 384 g/mol. The van der Waals surface area contributed by atoms with E-state index in [-0.39, 0.29) is 15.5 Å². The van der Waals surface area contributed by atoms with Gasteiger partial charge < -0.3 is 4.72 Å². The van der Waals surface area contributed by atoms with Gasteiger partial charge in [-0.25, -0.2) is 0 Å². The van der Waals surface area contributed by atoms with E-state index in [9.17, 15) is 26.3 Å². The van der Waals surface area contributed by atoms with Gasteiger partial charge in [0.2, 0.25) is 0 Å². The van der Waals surface area contributed by atoms with Crippen LogP contribution >= 0.6 is 23.9 Å². The molecule has 0 aromatic heterocycles. The zero-order valence-corrected chi connectivity index (χ0v) is 13.3. The number of anilines is 1. The Kier molecular flexibility index (Phi) is 5.61. The summed E-state index contributed by atoms with van der Waals surface area (Å²) in [6, 6.07) is 8.06. The van der Waals surface area contributed by atoms with E-state index >= 15 is 0 Å². The zero-order chi connectivity index (χ0) is 18.0. The van der Waals surface area contributed by atoms with Gasteiger partial charge in [-0.2, -0.15) is 26.3 Å². The van der Waals surface area contributed by atoms with Crippen molar-refractivity contribution in [1.82, 2.24) is 0 Å². The van der Waals surface area contributed by atoms with Crippen LogP contribution in [0.4, 0.5) is 32.0 Å². The lowest BCUT2D eigenvalue weighted by Gasteiger charge is -2.17. The van der Waals surface area contributed by atoms with Gasteiger partial charge in [0.1, 0.15) is 0 Å². The molecule has 0 aliphatic rings. The Labute approximate surface area is 142 Å². The number of rotatable bonds is 4. The Hall–Kier alpha value is -1.52. The molecule has 3 N–H and O–H groups in total. The first kappa shape index (κ1) is 18.8. The van der Waals surface area contributed by atoms with Crippen molar-refractivity contribution >= 4 is 29.6 Å². The molecule has 0 heterocycles. The molecule has 0 amide bonds. The molecule has 0 fully saturated rings. The maximum Gasteiger partial charge on any atom is 0.419 e. The highest BCUT2D eigenvalue weighted by Gasteiger charge is 2.36. The third-order valence-corrected chi connectivity index (χ3v) is 4.28. The summed E-state index contributed by atoms with van der Waals surface area (Å²) < 4.78 is 79.9. The first-order valence-electron chi connectivity index (χ1n) is 6.30. The van der Waals surface area contributed by atoms with E-state index in [4.69, 9.17) is 5.14 Å². The van der Waals surface area contributed by atoms with Gasteiger partial charge in [-0.1, -0.05) is 12.1 Å². The third-order valence-electron chi connectivity index (χ3n) is 2.88. The number of alkyl halides is 6. The van der Waals surface area contributed by atoms with Crippen LogP contribution in [0.5, 0.6) is 0 Å². The van der Waals surface area contributed by atoms with Crippen LogP contribution in [0, 0.1) is 0 Å². The largest absolute Gasteiger partial charge is 0.419 e. The second-order valence-electron chi connectivity index (χ2n) is 4.52. The smallest absolute Gasteiger partial charge is 0.325 e. The fourth-order valence-electron chi connectivity index (χ4n) is 1.86. The Morgan fingerprint density at radius 2 is 1.54 bits per heavy atom. The molecule has 2 rings (SSSR count). The van der Waals surface area contributed by atoms with Crippen LogP contribution in [0.15, 0.2) is 52.3 Å². The SMILES string of the molecule is NSc1cccc(NSc2cccc(C(F)(F)F)c2)c1C(F)(F)F. The molecular weight excluding hydrogens is 374 g/mol. The van der Waals surface area contributed by atoms with Crippen LogP contribution in [0.2, 0.25) is 0 Å². The van der Waals surface area contributed by atoms with E-state index in [0.29, 0.717) is 23.9 Å². The fourth-order valence-corrected chi connectivity index (χ4v) is 3.09. The summed E-state index contributed by atoms with van der Waals surface area (Å²) in [4.78, 5) is -0.0547. The molecular formula is C14H10F6N2S2. The summed E-state index contributed by atoms with van der Waals surface area (Å²) in [7, 11) is 0.